The standard InChI is InChI=1S/C24H26N4O2S/c1-15(2)13-20-23(30)28-21(26-20)18-11-7-8-12-19(18)27-24(28)31-16(3)22(29)25-14-17-9-5-4-6-10-17/h4-12,15-16,20H,13-14H2,1-3H3,(H,25,29)/t16-,20-/m0/s1. The van der Waals surface area contributed by atoms with Crippen LogP contribution in [0.15, 0.2) is 64.6 Å². The van der Waals surface area contributed by atoms with E-state index >= 15 is 0 Å². The Hall–Kier alpha value is -2.93. The van der Waals surface area contributed by atoms with E-state index < -0.39 is 11.3 Å². The summed E-state index contributed by atoms with van der Waals surface area (Å²) in [5.41, 5.74) is 2.67. The number of nitrogens with one attached hydrogen (secondary N) is 1. The summed E-state index contributed by atoms with van der Waals surface area (Å²) in [5, 5.41) is 3.06. The highest BCUT2D eigenvalue weighted by atomic mass is 32.2. The van der Waals surface area contributed by atoms with Crippen molar-refractivity contribution in [3.8, 4) is 0 Å². The fraction of sp³-hybridized carbons (Fsp3) is 0.333. The molecular weight excluding hydrogens is 408 g/mol. The second-order valence-electron chi connectivity index (χ2n) is 8.15. The maximum Gasteiger partial charge on any atom is 0.259 e. The molecule has 7 heteroatoms. The molecule has 2 heterocycles. The molecule has 0 aromatic heterocycles. The first-order valence-electron chi connectivity index (χ1n) is 10.5. The van der Waals surface area contributed by atoms with Gasteiger partial charge in [0.1, 0.15) is 11.9 Å². The van der Waals surface area contributed by atoms with Gasteiger partial charge in [-0.3, -0.25) is 14.6 Å². The molecule has 0 bridgehead atoms. The number of amides is 2. The van der Waals surface area contributed by atoms with Gasteiger partial charge in [0, 0.05) is 12.1 Å². The average molecular weight is 435 g/mol. The van der Waals surface area contributed by atoms with Crippen molar-refractivity contribution in [3.05, 3.63) is 65.7 Å². The number of nitrogens with zero attached hydrogens (tertiary/aromatic N) is 3. The van der Waals surface area contributed by atoms with Crippen LogP contribution in [0.3, 0.4) is 0 Å². The lowest BCUT2D eigenvalue weighted by molar-refractivity contribution is -0.125. The first-order valence-corrected chi connectivity index (χ1v) is 11.4. The molecule has 0 fully saturated rings. The SMILES string of the molecule is CC(C)C[C@@H]1N=C2c3ccccc3N=C(S[C@@H](C)C(=O)NCc3ccccc3)N2C1=O. The van der Waals surface area contributed by atoms with E-state index in [0.717, 1.165) is 16.8 Å². The fourth-order valence-corrected chi connectivity index (χ4v) is 4.56. The lowest BCUT2D eigenvalue weighted by Crippen LogP contribution is -2.43. The van der Waals surface area contributed by atoms with Gasteiger partial charge in [-0.25, -0.2) is 9.89 Å². The Morgan fingerprint density at radius 3 is 2.55 bits per heavy atom. The highest BCUT2D eigenvalue weighted by Gasteiger charge is 2.42. The molecule has 0 radical (unpaired) electrons. The van der Waals surface area contributed by atoms with Gasteiger partial charge in [0.2, 0.25) is 5.91 Å². The topological polar surface area (TPSA) is 74.1 Å². The average Bonchev–Trinajstić information content (AvgIpc) is 3.08. The molecule has 2 aliphatic rings. The largest absolute Gasteiger partial charge is 0.351 e. The van der Waals surface area contributed by atoms with Crippen LogP contribution in [0.2, 0.25) is 0 Å². The van der Waals surface area contributed by atoms with Gasteiger partial charge < -0.3 is 5.32 Å². The molecule has 31 heavy (non-hydrogen) atoms. The number of thioether (sulfide) groups is 1. The molecule has 2 amide bonds. The number of carbonyl (C=O) groups excluding carboxylic acids is 2. The second-order valence-corrected chi connectivity index (χ2v) is 9.45. The van der Waals surface area contributed by atoms with Crippen LogP contribution in [-0.4, -0.2) is 39.0 Å². The van der Waals surface area contributed by atoms with Crippen molar-refractivity contribution in [2.75, 3.05) is 0 Å². The Balaban J connectivity index is 1.53. The number of rotatable bonds is 6. The van der Waals surface area contributed by atoms with Gasteiger partial charge in [-0.05, 0) is 37.0 Å². The molecule has 2 aromatic carbocycles. The number of aliphatic imine (C=N–C) groups is 2. The molecule has 2 aliphatic heterocycles. The summed E-state index contributed by atoms with van der Waals surface area (Å²) in [4.78, 5) is 36.9. The summed E-state index contributed by atoms with van der Waals surface area (Å²) in [5.74, 6) is 0.826. The van der Waals surface area contributed by atoms with Crippen LogP contribution in [0.25, 0.3) is 0 Å². The molecule has 0 spiro atoms. The van der Waals surface area contributed by atoms with Gasteiger partial charge in [0.25, 0.3) is 5.91 Å². The van der Waals surface area contributed by atoms with Gasteiger partial charge in [-0.1, -0.05) is 68.1 Å². The van der Waals surface area contributed by atoms with Crippen LogP contribution >= 0.6 is 11.8 Å². The molecule has 2 aromatic rings. The molecule has 0 saturated carbocycles. The molecule has 1 N–H and O–H groups in total. The van der Waals surface area contributed by atoms with Gasteiger partial charge in [0.15, 0.2) is 5.17 Å². The summed E-state index contributed by atoms with van der Waals surface area (Å²) in [6.07, 6.45) is 0.687. The van der Waals surface area contributed by atoms with Crippen LogP contribution in [-0.2, 0) is 16.1 Å². The first kappa shape index (κ1) is 21.3. The molecular formula is C24H26N4O2S. The van der Waals surface area contributed by atoms with Crippen LogP contribution < -0.4 is 5.32 Å². The predicted octanol–water partition coefficient (Wildman–Crippen LogP) is 4.13. The minimum atomic E-state index is -0.411. The molecule has 0 aliphatic carbocycles. The maximum absolute atomic E-state index is 13.2. The molecule has 4 rings (SSSR count). The number of para-hydroxylation sites is 1. The van der Waals surface area contributed by atoms with E-state index in [-0.39, 0.29) is 11.8 Å². The lowest BCUT2D eigenvalue weighted by atomic mass is 10.0. The van der Waals surface area contributed by atoms with Gasteiger partial charge >= 0.3 is 0 Å². The highest BCUT2D eigenvalue weighted by molar-refractivity contribution is 8.15. The van der Waals surface area contributed by atoms with E-state index in [2.05, 4.69) is 19.2 Å². The van der Waals surface area contributed by atoms with Crippen LogP contribution in [0.5, 0.6) is 0 Å². The van der Waals surface area contributed by atoms with Crippen LogP contribution in [0.1, 0.15) is 38.3 Å². The fourth-order valence-electron chi connectivity index (χ4n) is 3.62. The Kier molecular flexibility index (Phi) is 6.23. The summed E-state index contributed by atoms with van der Waals surface area (Å²) in [6, 6.07) is 17.1. The first-order chi connectivity index (χ1) is 14.9. The van der Waals surface area contributed by atoms with Crippen molar-refractivity contribution in [3.63, 3.8) is 0 Å². The summed E-state index contributed by atoms with van der Waals surface area (Å²) in [7, 11) is 0. The predicted molar refractivity (Wildman–Crippen MR) is 126 cm³/mol. The van der Waals surface area contributed by atoms with Crippen molar-refractivity contribution in [2.24, 2.45) is 15.9 Å². The zero-order valence-electron chi connectivity index (χ0n) is 17.9. The number of fused-ring (bicyclic) bond motifs is 3. The third kappa shape index (κ3) is 4.56. The Bertz CT molecular complexity index is 1050. The summed E-state index contributed by atoms with van der Waals surface area (Å²) >= 11 is 1.29. The van der Waals surface area contributed by atoms with Crippen molar-refractivity contribution in [2.45, 2.75) is 45.0 Å². The van der Waals surface area contributed by atoms with E-state index in [4.69, 9.17) is 9.98 Å². The van der Waals surface area contributed by atoms with Crippen LogP contribution in [0, 0.1) is 5.92 Å². The summed E-state index contributed by atoms with van der Waals surface area (Å²) < 4.78 is 0. The Morgan fingerprint density at radius 2 is 1.81 bits per heavy atom. The van der Waals surface area contributed by atoms with Crippen molar-refractivity contribution < 1.29 is 9.59 Å². The van der Waals surface area contributed by atoms with Gasteiger partial charge in [-0.2, -0.15) is 0 Å². The third-order valence-corrected chi connectivity index (χ3v) is 6.26. The van der Waals surface area contributed by atoms with E-state index in [1.54, 1.807) is 4.90 Å². The monoisotopic (exact) mass is 434 g/mol. The quantitative estimate of drug-likeness (QED) is 0.743. The minimum Gasteiger partial charge on any atom is -0.351 e. The van der Waals surface area contributed by atoms with Gasteiger partial charge in [-0.15, -0.1) is 0 Å². The minimum absolute atomic E-state index is 0.0682. The molecule has 160 valence electrons. The number of hydrogen-bond donors (Lipinski definition) is 1. The smallest absolute Gasteiger partial charge is 0.259 e. The van der Waals surface area contributed by atoms with Crippen molar-refractivity contribution >= 4 is 40.3 Å². The Labute approximate surface area is 186 Å². The van der Waals surface area contributed by atoms with Crippen molar-refractivity contribution in [1.82, 2.24) is 10.2 Å². The van der Waals surface area contributed by atoms with E-state index in [0.29, 0.717) is 29.9 Å². The number of benzene rings is 2. The van der Waals surface area contributed by atoms with Crippen molar-refractivity contribution in [1.29, 1.82) is 0 Å². The number of hydrogen-bond acceptors (Lipinski definition) is 5. The highest BCUT2D eigenvalue weighted by Crippen LogP contribution is 2.35. The molecule has 6 nitrogen and oxygen atoms in total. The van der Waals surface area contributed by atoms with E-state index in [9.17, 15) is 9.59 Å². The number of carbonyl (C=O) groups is 2. The summed E-state index contributed by atoms with van der Waals surface area (Å²) in [6.45, 7) is 6.46. The Morgan fingerprint density at radius 1 is 1.10 bits per heavy atom. The zero-order chi connectivity index (χ0) is 22.0. The normalized spacial score (nSPS) is 18.3. The van der Waals surface area contributed by atoms with Gasteiger partial charge in [0.05, 0.1) is 10.9 Å². The third-order valence-electron chi connectivity index (χ3n) is 5.20. The lowest BCUT2D eigenvalue weighted by Gasteiger charge is -2.27. The maximum atomic E-state index is 13.2. The number of amidine groups is 2. The molecule has 2 atom stereocenters. The van der Waals surface area contributed by atoms with Crippen LogP contribution in [0.4, 0.5) is 5.69 Å². The second kappa shape index (κ2) is 9.06. The zero-order valence-corrected chi connectivity index (χ0v) is 18.7. The molecule has 0 unspecified atom stereocenters. The van der Waals surface area contributed by atoms with E-state index in [1.165, 1.54) is 11.8 Å². The van der Waals surface area contributed by atoms with E-state index in [1.807, 2.05) is 61.5 Å². The molecule has 0 saturated heterocycles.